The number of carbonyl (C=O) groups excluding carboxylic acids is 1. The molecule has 0 aromatic heterocycles. The number of rotatable bonds is 0. The van der Waals surface area contributed by atoms with Gasteiger partial charge in [-0.15, -0.1) is 0 Å². The van der Waals surface area contributed by atoms with Gasteiger partial charge in [0.1, 0.15) is 0 Å². The molecule has 0 N–H and O–H groups in total. The Morgan fingerprint density at radius 2 is 1.78 bits per heavy atom. The highest BCUT2D eigenvalue weighted by atomic mass is 32.2. The van der Waals surface area contributed by atoms with Crippen LogP contribution < -0.4 is 0 Å². The zero-order valence-electron chi connectivity index (χ0n) is 11.0. The summed E-state index contributed by atoms with van der Waals surface area (Å²) in [6.45, 7) is 6.91. The summed E-state index contributed by atoms with van der Waals surface area (Å²) in [4.78, 5) is 12.6. The first-order valence-corrected chi connectivity index (χ1v) is 7.29. The molecular weight excluding hydrogens is 250 g/mol. The van der Waals surface area contributed by atoms with Gasteiger partial charge in [0.05, 0.1) is 10.9 Å². The second-order valence-corrected chi connectivity index (χ2v) is 7.35. The summed E-state index contributed by atoms with van der Waals surface area (Å²) in [7, 11) is -3.69. The van der Waals surface area contributed by atoms with Crippen molar-refractivity contribution in [2.45, 2.75) is 38.6 Å². The largest absolute Gasteiger partial charge is 0.273 e. The highest BCUT2D eigenvalue weighted by Gasteiger charge is 2.46. The van der Waals surface area contributed by atoms with Crippen LogP contribution in [-0.2, 0) is 14.8 Å². The predicted octanol–water partition coefficient (Wildman–Crippen LogP) is 2.32. The number of carbonyl (C=O) groups is 1. The molecule has 0 saturated heterocycles. The number of benzene rings is 1. The van der Waals surface area contributed by atoms with Crippen molar-refractivity contribution in [3.8, 4) is 0 Å². The third-order valence-corrected chi connectivity index (χ3v) is 5.03. The fraction of sp³-hybridized carbons (Fsp3) is 0.462. The molecule has 1 atom stereocenters. The normalized spacial score (nSPS) is 21.8. The highest BCUT2D eigenvalue weighted by molar-refractivity contribution is 7.90. The number of sulfonamides is 1. The van der Waals surface area contributed by atoms with Crippen LogP contribution in [-0.4, -0.2) is 18.6 Å². The smallest absolute Gasteiger partial charge is 0.267 e. The van der Waals surface area contributed by atoms with E-state index in [4.69, 9.17) is 0 Å². The molecule has 98 valence electrons. The van der Waals surface area contributed by atoms with Crippen LogP contribution in [0.3, 0.4) is 0 Å². The van der Waals surface area contributed by atoms with Gasteiger partial charge in [0.2, 0.25) is 5.91 Å². The van der Waals surface area contributed by atoms with Gasteiger partial charge in [0.15, 0.2) is 0 Å². The third-order valence-electron chi connectivity index (χ3n) is 3.10. The average Bonchev–Trinajstić information content (AvgIpc) is 2.46. The molecule has 4 nitrogen and oxygen atoms in total. The zero-order valence-corrected chi connectivity index (χ0v) is 11.8. The van der Waals surface area contributed by atoms with Crippen molar-refractivity contribution in [2.24, 2.45) is 5.41 Å². The lowest BCUT2D eigenvalue weighted by molar-refractivity contribution is -0.135. The quantitative estimate of drug-likeness (QED) is 0.725. The maximum Gasteiger partial charge on any atom is 0.267 e. The standard InChI is InChI=1S/C13H17NO3S/c1-9-10-7-5-6-8-11(10)18(16,17)14(9)12(15)13(2,3)4/h5-9H,1-4H3. The summed E-state index contributed by atoms with van der Waals surface area (Å²) in [5.74, 6) is -0.369. The van der Waals surface area contributed by atoms with Crippen LogP contribution in [0.4, 0.5) is 0 Å². The van der Waals surface area contributed by atoms with Gasteiger partial charge in [0.25, 0.3) is 10.0 Å². The van der Waals surface area contributed by atoms with Gasteiger partial charge >= 0.3 is 0 Å². The number of hydrogen-bond acceptors (Lipinski definition) is 3. The number of nitrogens with zero attached hydrogens (tertiary/aromatic N) is 1. The SMILES string of the molecule is CC1c2ccccc2S(=O)(=O)N1C(=O)C(C)(C)C. The van der Waals surface area contributed by atoms with Crippen LogP contribution in [0.2, 0.25) is 0 Å². The van der Waals surface area contributed by atoms with E-state index in [9.17, 15) is 13.2 Å². The fourth-order valence-electron chi connectivity index (χ4n) is 2.12. The van der Waals surface area contributed by atoms with Gasteiger partial charge in [-0.2, -0.15) is 0 Å². The van der Waals surface area contributed by atoms with Crippen LogP contribution in [0.15, 0.2) is 29.2 Å². The summed E-state index contributed by atoms with van der Waals surface area (Å²) < 4.78 is 25.8. The lowest BCUT2D eigenvalue weighted by Gasteiger charge is -2.27. The molecule has 0 spiro atoms. The summed E-state index contributed by atoms with van der Waals surface area (Å²) in [6, 6.07) is 6.34. The summed E-state index contributed by atoms with van der Waals surface area (Å²) in [5, 5.41) is 0. The van der Waals surface area contributed by atoms with E-state index in [2.05, 4.69) is 0 Å². The summed E-state index contributed by atoms with van der Waals surface area (Å²) in [5.41, 5.74) is -0.0290. The molecule has 18 heavy (non-hydrogen) atoms. The molecule has 2 rings (SSSR count). The van der Waals surface area contributed by atoms with Crippen molar-refractivity contribution in [2.75, 3.05) is 0 Å². The molecule has 1 aliphatic heterocycles. The van der Waals surface area contributed by atoms with Gasteiger partial charge in [-0.3, -0.25) is 4.79 Å². The van der Waals surface area contributed by atoms with E-state index in [-0.39, 0.29) is 10.8 Å². The van der Waals surface area contributed by atoms with E-state index in [1.807, 2.05) is 0 Å². The van der Waals surface area contributed by atoms with E-state index < -0.39 is 21.5 Å². The topological polar surface area (TPSA) is 54.5 Å². The molecule has 1 aromatic carbocycles. The second-order valence-electron chi connectivity index (χ2n) is 5.57. The molecular formula is C13H17NO3S. The summed E-state index contributed by atoms with van der Waals surface area (Å²) >= 11 is 0. The minimum Gasteiger partial charge on any atom is -0.273 e. The Morgan fingerprint density at radius 1 is 1.22 bits per heavy atom. The molecule has 0 bridgehead atoms. The predicted molar refractivity (Wildman–Crippen MR) is 68.3 cm³/mol. The zero-order chi connectivity index (χ0) is 13.7. The first-order chi connectivity index (χ1) is 8.17. The Morgan fingerprint density at radius 3 is 2.28 bits per heavy atom. The minimum atomic E-state index is -3.69. The first-order valence-electron chi connectivity index (χ1n) is 5.85. The third kappa shape index (κ3) is 1.73. The van der Waals surface area contributed by atoms with Gasteiger partial charge < -0.3 is 0 Å². The maximum absolute atomic E-state index is 12.4. The Hall–Kier alpha value is -1.36. The minimum absolute atomic E-state index is 0.245. The van der Waals surface area contributed by atoms with Crippen LogP contribution in [0.5, 0.6) is 0 Å². The molecule has 5 heteroatoms. The maximum atomic E-state index is 12.4. The number of amides is 1. The van der Waals surface area contributed by atoms with Crippen molar-refractivity contribution >= 4 is 15.9 Å². The van der Waals surface area contributed by atoms with Crippen molar-refractivity contribution in [1.29, 1.82) is 0 Å². The molecule has 1 amide bonds. The number of fused-ring (bicyclic) bond motifs is 1. The Kier molecular flexibility index (Phi) is 2.77. The van der Waals surface area contributed by atoms with E-state index >= 15 is 0 Å². The van der Waals surface area contributed by atoms with Crippen molar-refractivity contribution in [1.82, 2.24) is 4.31 Å². The van der Waals surface area contributed by atoms with Crippen LogP contribution in [0.25, 0.3) is 0 Å². The number of hydrogen-bond donors (Lipinski definition) is 0. The molecule has 0 radical (unpaired) electrons. The monoisotopic (exact) mass is 267 g/mol. The van der Waals surface area contributed by atoms with E-state index in [0.29, 0.717) is 5.56 Å². The van der Waals surface area contributed by atoms with Crippen LogP contribution in [0, 0.1) is 5.41 Å². The molecule has 1 aliphatic rings. The van der Waals surface area contributed by atoms with Crippen molar-refractivity contribution in [3.05, 3.63) is 29.8 Å². The van der Waals surface area contributed by atoms with Crippen molar-refractivity contribution in [3.63, 3.8) is 0 Å². The molecule has 0 fully saturated rings. The molecule has 0 aliphatic carbocycles. The van der Waals surface area contributed by atoms with E-state index in [0.717, 1.165) is 4.31 Å². The van der Waals surface area contributed by atoms with Crippen LogP contribution in [0.1, 0.15) is 39.3 Å². The Bertz CT molecular complexity index is 599. The Labute approximate surface area is 108 Å². The first kappa shape index (κ1) is 13.1. The second kappa shape index (κ2) is 3.82. The molecule has 1 unspecified atom stereocenters. The average molecular weight is 267 g/mol. The fourth-order valence-corrected chi connectivity index (χ4v) is 4.14. The van der Waals surface area contributed by atoms with Gasteiger partial charge in [0, 0.05) is 5.41 Å². The van der Waals surface area contributed by atoms with Crippen molar-refractivity contribution < 1.29 is 13.2 Å². The van der Waals surface area contributed by atoms with E-state index in [1.165, 1.54) is 0 Å². The van der Waals surface area contributed by atoms with Gasteiger partial charge in [-0.25, -0.2) is 12.7 Å². The van der Waals surface area contributed by atoms with Crippen LogP contribution >= 0.6 is 0 Å². The lowest BCUT2D eigenvalue weighted by Crippen LogP contribution is -2.41. The molecule has 1 heterocycles. The Balaban J connectivity index is 2.59. The van der Waals surface area contributed by atoms with E-state index in [1.54, 1.807) is 52.0 Å². The van der Waals surface area contributed by atoms with Gasteiger partial charge in [-0.05, 0) is 18.6 Å². The lowest BCUT2D eigenvalue weighted by atomic mass is 9.95. The molecule has 1 aromatic rings. The molecule has 0 saturated carbocycles. The summed E-state index contributed by atoms with van der Waals surface area (Å²) in [6.07, 6.45) is 0. The van der Waals surface area contributed by atoms with Gasteiger partial charge in [-0.1, -0.05) is 39.0 Å². The highest BCUT2D eigenvalue weighted by Crippen LogP contribution is 2.41.